The second-order valence-corrected chi connectivity index (χ2v) is 14.9. The highest BCUT2D eigenvalue weighted by atomic mass is 31.2. The number of rotatable bonds is 20. The lowest BCUT2D eigenvalue weighted by molar-refractivity contribution is 0.111. The molecule has 1 aliphatic heterocycles. The van der Waals surface area contributed by atoms with Crippen molar-refractivity contribution in [3.63, 3.8) is 0 Å². The fourth-order valence-corrected chi connectivity index (χ4v) is 8.09. The molecule has 0 spiro atoms. The Morgan fingerprint density at radius 3 is 0.952 bits per heavy atom. The summed E-state index contributed by atoms with van der Waals surface area (Å²) in [6, 6.07) is 29.2. The molecule has 0 aromatic heterocycles. The summed E-state index contributed by atoms with van der Waals surface area (Å²) in [6.45, 7) is 0. The van der Waals surface area contributed by atoms with Gasteiger partial charge in [-0.3, -0.25) is 19.2 Å². The molecule has 316 valence electrons. The summed E-state index contributed by atoms with van der Waals surface area (Å²) >= 11 is 0. The minimum Gasteiger partial charge on any atom is -0.493 e. The monoisotopic (exact) mass is 878 g/mol. The van der Waals surface area contributed by atoms with Crippen LogP contribution in [0.25, 0.3) is 0 Å². The molecule has 0 saturated carbocycles. The molecule has 1 aliphatic rings. The zero-order chi connectivity index (χ0) is 43.6. The molecule has 6 aromatic rings. The molecular formula is C45H36O15P2. The van der Waals surface area contributed by atoms with Crippen molar-refractivity contribution < 1.29 is 70.0 Å². The van der Waals surface area contributed by atoms with E-state index in [1.54, 1.807) is 72.8 Å². The van der Waals surface area contributed by atoms with Crippen LogP contribution in [-0.4, -0.2) is 53.6 Å². The van der Waals surface area contributed by atoms with Crippen LogP contribution in [0.3, 0.4) is 0 Å². The first-order valence-corrected chi connectivity index (χ1v) is 20.6. The Morgan fingerprint density at radius 1 is 0.387 bits per heavy atom. The molecule has 0 saturated heterocycles. The summed E-state index contributed by atoms with van der Waals surface area (Å²) in [4.78, 5) is 46.1. The van der Waals surface area contributed by atoms with Crippen molar-refractivity contribution in [3.05, 3.63) is 143 Å². The first kappa shape index (κ1) is 42.8. The van der Waals surface area contributed by atoms with E-state index in [0.29, 0.717) is 65.3 Å². The van der Waals surface area contributed by atoms with Gasteiger partial charge in [-0.05, 0) is 84.9 Å². The Morgan fingerprint density at radius 2 is 0.677 bits per heavy atom. The normalized spacial score (nSPS) is 11.2. The zero-order valence-corrected chi connectivity index (χ0v) is 35.2. The van der Waals surface area contributed by atoms with Gasteiger partial charge in [0.1, 0.15) is 25.1 Å². The topological polar surface area (TPSA) is 170 Å². The van der Waals surface area contributed by atoms with Gasteiger partial charge in [-0.2, -0.15) is 0 Å². The number of hydrogen-bond acceptors (Lipinski definition) is 15. The fourth-order valence-electron chi connectivity index (χ4n) is 6.01. The van der Waals surface area contributed by atoms with Crippen molar-refractivity contribution in [1.29, 1.82) is 0 Å². The van der Waals surface area contributed by atoms with E-state index in [1.165, 1.54) is 52.7 Å². The SMILES string of the molecule is COc1cc(C=O)ccc1OP(Oc1ccc(C=O)cc1OC)Oc1cccc2c1Oc1c(cccc1OP(Oc1ccc(C=O)cc1OC)Oc1ccc(C=O)cc1OC)C2. The molecule has 62 heavy (non-hydrogen) atoms. The third-order valence-electron chi connectivity index (χ3n) is 9.04. The van der Waals surface area contributed by atoms with Gasteiger partial charge in [-0.1, -0.05) is 24.3 Å². The second kappa shape index (κ2) is 19.8. The minimum absolute atomic E-state index is 0.211. The van der Waals surface area contributed by atoms with Crippen LogP contribution in [0, 0.1) is 0 Å². The number of ether oxygens (including phenoxy) is 5. The number of para-hydroxylation sites is 2. The Hall–Kier alpha value is -7.34. The van der Waals surface area contributed by atoms with Crippen molar-refractivity contribution in [2.24, 2.45) is 0 Å². The lowest BCUT2D eigenvalue weighted by atomic mass is 10.00. The van der Waals surface area contributed by atoms with Crippen LogP contribution in [0.5, 0.6) is 69.0 Å². The molecule has 7 rings (SSSR count). The smallest absolute Gasteiger partial charge is 0.493 e. The molecule has 0 atom stereocenters. The highest BCUT2D eigenvalue weighted by molar-refractivity contribution is 7.43. The van der Waals surface area contributed by atoms with Crippen LogP contribution in [0.1, 0.15) is 52.6 Å². The molecular weight excluding hydrogens is 842 g/mol. The summed E-state index contributed by atoms with van der Waals surface area (Å²) in [5.41, 5.74) is 2.96. The highest BCUT2D eigenvalue weighted by Gasteiger charge is 2.32. The van der Waals surface area contributed by atoms with Gasteiger partial charge in [0.15, 0.2) is 69.0 Å². The molecule has 0 aliphatic carbocycles. The van der Waals surface area contributed by atoms with E-state index in [-0.39, 0.29) is 57.5 Å². The third-order valence-corrected chi connectivity index (χ3v) is 11.1. The number of aldehydes is 4. The molecule has 1 heterocycles. The maximum Gasteiger partial charge on any atom is 0.530 e. The van der Waals surface area contributed by atoms with Crippen molar-refractivity contribution in [1.82, 2.24) is 0 Å². The van der Waals surface area contributed by atoms with Crippen LogP contribution in [0.2, 0.25) is 0 Å². The summed E-state index contributed by atoms with van der Waals surface area (Å²) in [5, 5.41) is 0. The number of carbonyl (C=O) groups excluding carboxylic acids is 4. The van der Waals surface area contributed by atoms with Crippen molar-refractivity contribution in [3.8, 4) is 69.0 Å². The van der Waals surface area contributed by atoms with Gasteiger partial charge in [0, 0.05) is 39.8 Å². The van der Waals surface area contributed by atoms with Crippen LogP contribution < -0.4 is 50.8 Å². The Bertz CT molecular complexity index is 2320. The van der Waals surface area contributed by atoms with E-state index >= 15 is 0 Å². The Kier molecular flexibility index (Phi) is 13.7. The molecule has 17 heteroatoms. The van der Waals surface area contributed by atoms with E-state index < -0.39 is 17.2 Å². The zero-order valence-electron chi connectivity index (χ0n) is 33.4. The van der Waals surface area contributed by atoms with E-state index in [9.17, 15) is 19.2 Å². The average molecular weight is 879 g/mol. The maximum absolute atomic E-state index is 11.5. The lowest BCUT2D eigenvalue weighted by Crippen LogP contribution is -2.09. The molecule has 15 nitrogen and oxygen atoms in total. The summed E-state index contributed by atoms with van der Waals surface area (Å²) in [5.74, 6) is 2.94. The van der Waals surface area contributed by atoms with E-state index in [2.05, 4.69) is 0 Å². The summed E-state index contributed by atoms with van der Waals surface area (Å²) < 4.78 is 66.9. The molecule has 0 N–H and O–H groups in total. The molecule has 0 bridgehead atoms. The third kappa shape index (κ3) is 9.65. The highest BCUT2D eigenvalue weighted by Crippen LogP contribution is 2.55. The summed E-state index contributed by atoms with van der Waals surface area (Å²) in [6.07, 6.45) is 3.11. The van der Waals surface area contributed by atoms with Crippen LogP contribution in [0.4, 0.5) is 0 Å². The first-order valence-electron chi connectivity index (χ1n) is 18.4. The average Bonchev–Trinajstić information content (AvgIpc) is 3.31. The predicted octanol–water partition coefficient (Wildman–Crippen LogP) is 10.2. The van der Waals surface area contributed by atoms with Gasteiger partial charge in [-0.25, -0.2) is 0 Å². The molecule has 0 fully saturated rings. The van der Waals surface area contributed by atoms with Crippen molar-refractivity contribution in [2.75, 3.05) is 28.4 Å². The number of fused-ring (bicyclic) bond motifs is 2. The lowest BCUT2D eigenvalue weighted by Gasteiger charge is -2.26. The Labute approximate surface area is 357 Å². The standard InChI is InChI=1S/C45H36O15P2/c1-50-40-19-28(24-46)11-15-34(40)55-61(56-35-16-12-29(25-47)20-41(35)51-2)59-38-9-5-7-32-23-33-8-6-10-39(45(33)54-44(32)38)60-62(57-36-17-13-30(26-48)21-42(36)52-3)58-37-18-14-31(27-49)22-43(37)53-4/h5-22,24-27H,23H2,1-4H3. The molecule has 6 aromatic carbocycles. The van der Waals surface area contributed by atoms with Crippen LogP contribution >= 0.6 is 17.2 Å². The van der Waals surface area contributed by atoms with E-state index in [1.807, 2.05) is 12.1 Å². The van der Waals surface area contributed by atoms with E-state index in [4.69, 9.17) is 50.8 Å². The van der Waals surface area contributed by atoms with Crippen LogP contribution in [0.15, 0.2) is 109 Å². The van der Waals surface area contributed by atoms with Crippen molar-refractivity contribution in [2.45, 2.75) is 6.42 Å². The largest absolute Gasteiger partial charge is 0.530 e. The number of carbonyl (C=O) groups is 4. The predicted molar refractivity (Wildman–Crippen MR) is 227 cm³/mol. The first-order chi connectivity index (χ1) is 30.3. The maximum atomic E-state index is 11.5. The van der Waals surface area contributed by atoms with E-state index in [0.717, 1.165) is 11.1 Å². The van der Waals surface area contributed by atoms with Gasteiger partial charge in [0.2, 0.25) is 0 Å². The van der Waals surface area contributed by atoms with Gasteiger partial charge < -0.3 is 50.8 Å². The van der Waals surface area contributed by atoms with Crippen molar-refractivity contribution >= 4 is 42.3 Å². The second-order valence-electron chi connectivity index (χ2n) is 12.9. The van der Waals surface area contributed by atoms with Gasteiger partial charge in [0.05, 0.1) is 28.4 Å². The Balaban J connectivity index is 1.23. The fraction of sp³-hybridized carbons (Fsp3) is 0.111. The molecule has 0 radical (unpaired) electrons. The molecule has 0 amide bonds. The number of benzene rings is 6. The van der Waals surface area contributed by atoms with Crippen LogP contribution in [-0.2, 0) is 6.42 Å². The van der Waals surface area contributed by atoms with Gasteiger partial charge in [0.25, 0.3) is 0 Å². The minimum atomic E-state index is -2.39. The summed E-state index contributed by atoms with van der Waals surface area (Å²) in [7, 11) is 0.948. The van der Waals surface area contributed by atoms with Gasteiger partial charge in [-0.15, -0.1) is 0 Å². The molecule has 0 unspecified atom stereocenters. The quantitative estimate of drug-likeness (QED) is 0.0523. The number of methoxy groups -OCH3 is 4. The van der Waals surface area contributed by atoms with Gasteiger partial charge >= 0.3 is 17.2 Å². The number of hydrogen-bond donors (Lipinski definition) is 0.